The number of nitrogens with two attached hydrogens (primary N) is 2. The summed E-state index contributed by atoms with van der Waals surface area (Å²) in [6, 6.07) is 12.1. The van der Waals surface area contributed by atoms with Crippen LogP contribution in [0.2, 0.25) is 0 Å². The number of anilines is 3. The van der Waals surface area contributed by atoms with Crippen LogP contribution in [-0.4, -0.2) is 27.6 Å². The van der Waals surface area contributed by atoms with E-state index < -0.39 is 11.5 Å². The first kappa shape index (κ1) is 18.0. The van der Waals surface area contributed by atoms with Gasteiger partial charge in [0.15, 0.2) is 5.82 Å². The highest BCUT2D eigenvalue weighted by molar-refractivity contribution is 5.89. The van der Waals surface area contributed by atoms with Gasteiger partial charge in [0.2, 0.25) is 0 Å². The van der Waals surface area contributed by atoms with Gasteiger partial charge in [-0.3, -0.25) is 4.79 Å². The first-order valence-corrected chi connectivity index (χ1v) is 8.28. The minimum atomic E-state index is -0.972. The molecule has 0 atom stereocenters. The summed E-state index contributed by atoms with van der Waals surface area (Å²) in [5.74, 6) is -0.675. The van der Waals surface area contributed by atoms with Crippen LogP contribution in [-0.2, 0) is 0 Å². The molecule has 0 aliphatic carbocycles. The predicted octanol–water partition coefficient (Wildman–Crippen LogP) is 2.40. The van der Waals surface area contributed by atoms with Crippen LogP contribution in [0.15, 0.2) is 47.3 Å². The number of carbonyl (C=O) groups is 1. The molecular weight excluding hydrogens is 346 g/mol. The van der Waals surface area contributed by atoms with E-state index >= 15 is 0 Å². The number of hydrogen-bond acceptors (Lipinski definition) is 6. The van der Waals surface area contributed by atoms with Crippen LogP contribution in [0.5, 0.6) is 0 Å². The lowest BCUT2D eigenvalue weighted by molar-refractivity contribution is 0.0697. The zero-order chi connectivity index (χ0) is 19.6. The Morgan fingerprint density at radius 3 is 2.41 bits per heavy atom. The summed E-state index contributed by atoms with van der Waals surface area (Å²) in [5.41, 5.74) is 14.1. The summed E-state index contributed by atoms with van der Waals surface area (Å²) in [6.45, 7) is 2.64. The summed E-state index contributed by atoms with van der Waals surface area (Å²) >= 11 is 0. The highest BCUT2D eigenvalue weighted by Gasteiger charge is 2.12. The van der Waals surface area contributed by atoms with Gasteiger partial charge in [0.05, 0.1) is 5.56 Å². The van der Waals surface area contributed by atoms with Gasteiger partial charge >= 0.3 is 5.97 Å². The Balaban J connectivity index is 2.07. The standard InChI is InChI=1S/C19H19N5O3/c1-2-22-14-9-12(17-23-16(21)15(20)18(25)24-17)7-8-13(14)10-3-5-11(6-4-10)19(26)27/h3-9,22H,2,20H2,1H3,(H,26,27)(H3,21,23,24,25). The lowest BCUT2D eigenvalue weighted by Gasteiger charge is -2.13. The Morgan fingerprint density at radius 1 is 1.15 bits per heavy atom. The molecule has 8 heteroatoms. The largest absolute Gasteiger partial charge is 0.478 e. The van der Waals surface area contributed by atoms with Gasteiger partial charge in [-0.2, -0.15) is 0 Å². The van der Waals surface area contributed by atoms with E-state index in [0.717, 1.165) is 16.8 Å². The van der Waals surface area contributed by atoms with Crippen molar-refractivity contribution in [3.63, 3.8) is 0 Å². The van der Waals surface area contributed by atoms with Crippen molar-refractivity contribution in [3.8, 4) is 22.5 Å². The average molecular weight is 365 g/mol. The second-order valence-corrected chi connectivity index (χ2v) is 5.89. The molecule has 0 bridgehead atoms. The maximum absolute atomic E-state index is 11.9. The highest BCUT2D eigenvalue weighted by atomic mass is 16.4. The van der Waals surface area contributed by atoms with E-state index in [1.165, 1.54) is 0 Å². The summed E-state index contributed by atoms with van der Waals surface area (Å²) < 4.78 is 0. The predicted molar refractivity (Wildman–Crippen MR) is 106 cm³/mol. The maximum Gasteiger partial charge on any atom is 0.335 e. The Bertz CT molecular complexity index is 1060. The van der Waals surface area contributed by atoms with E-state index in [2.05, 4.69) is 15.3 Å². The first-order valence-electron chi connectivity index (χ1n) is 8.28. The molecule has 0 unspecified atom stereocenters. The van der Waals surface area contributed by atoms with Gasteiger partial charge in [0, 0.05) is 23.4 Å². The van der Waals surface area contributed by atoms with Crippen molar-refractivity contribution in [1.82, 2.24) is 9.97 Å². The van der Waals surface area contributed by atoms with Gasteiger partial charge in [-0.1, -0.05) is 24.3 Å². The van der Waals surface area contributed by atoms with Crippen LogP contribution in [0.25, 0.3) is 22.5 Å². The fraction of sp³-hybridized carbons (Fsp3) is 0.105. The number of hydrogen-bond donors (Lipinski definition) is 5. The van der Waals surface area contributed by atoms with Crippen molar-refractivity contribution >= 4 is 23.2 Å². The molecule has 8 nitrogen and oxygen atoms in total. The van der Waals surface area contributed by atoms with Crippen LogP contribution in [0.1, 0.15) is 17.3 Å². The Kier molecular flexibility index (Phi) is 4.80. The molecule has 0 amide bonds. The number of aromatic amines is 1. The van der Waals surface area contributed by atoms with E-state index in [4.69, 9.17) is 16.6 Å². The Morgan fingerprint density at radius 2 is 1.81 bits per heavy atom. The number of aromatic nitrogens is 2. The second-order valence-electron chi connectivity index (χ2n) is 5.89. The summed E-state index contributed by atoms with van der Waals surface area (Å²) in [5, 5.41) is 12.3. The Hall–Kier alpha value is -3.81. The normalized spacial score (nSPS) is 10.6. The summed E-state index contributed by atoms with van der Waals surface area (Å²) in [6.07, 6.45) is 0. The van der Waals surface area contributed by atoms with E-state index in [1.807, 2.05) is 19.1 Å². The monoisotopic (exact) mass is 365 g/mol. The lowest BCUT2D eigenvalue weighted by Crippen LogP contribution is -2.17. The number of benzene rings is 2. The molecule has 138 valence electrons. The smallest absolute Gasteiger partial charge is 0.335 e. The van der Waals surface area contributed by atoms with Crippen molar-refractivity contribution in [2.24, 2.45) is 0 Å². The number of rotatable bonds is 5. The van der Waals surface area contributed by atoms with Gasteiger partial charge in [-0.05, 0) is 30.7 Å². The van der Waals surface area contributed by atoms with Crippen LogP contribution in [0.3, 0.4) is 0 Å². The first-order chi connectivity index (χ1) is 12.9. The molecule has 1 aromatic heterocycles. The van der Waals surface area contributed by atoms with Gasteiger partial charge in [-0.25, -0.2) is 9.78 Å². The van der Waals surface area contributed by atoms with Gasteiger partial charge in [0.25, 0.3) is 5.56 Å². The van der Waals surface area contributed by atoms with Crippen molar-refractivity contribution < 1.29 is 9.90 Å². The zero-order valence-corrected chi connectivity index (χ0v) is 14.6. The molecule has 0 fully saturated rings. The Labute approximate surface area is 154 Å². The lowest BCUT2D eigenvalue weighted by atomic mass is 9.99. The van der Waals surface area contributed by atoms with E-state index in [0.29, 0.717) is 17.9 Å². The summed E-state index contributed by atoms with van der Waals surface area (Å²) in [7, 11) is 0. The van der Waals surface area contributed by atoms with Gasteiger partial charge in [0.1, 0.15) is 11.5 Å². The third kappa shape index (κ3) is 3.59. The topological polar surface area (TPSA) is 147 Å². The number of nitrogens with zero attached hydrogens (tertiary/aromatic N) is 1. The molecule has 0 saturated carbocycles. The molecule has 0 spiro atoms. The number of H-pyrrole nitrogens is 1. The SMILES string of the molecule is CCNc1cc(-c2nc(N)c(N)c(=O)[nH]2)ccc1-c1ccc(C(=O)O)cc1. The van der Waals surface area contributed by atoms with Crippen molar-refractivity contribution in [3.05, 3.63) is 58.4 Å². The van der Waals surface area contributed by atoms with Crippen LogP contribution in [0, 0.1) is 0 Å². The minimum Gasteiger partial charge on any atom is -0.478 e. The quantitative estimate of drug-likeness (QED) is 0.466. The van der Waals surface area contributed by atoms with E-state index in [9.17, 15) is 9.59 Å². The van der Waals surface area contributed by atoms with Crippen molar-refractivity contribution in [1.29, 1.82) is 0 Å². The molecule has 0 radical (unpaired) electrons. The minimum absolute atomic E-state index is 0.0212. The molecule has 7 N–H and O–H groups in total. The van der Waals surface area contributed by atoms with Gasteiger partial charge in [-0.15, -0.1) is 0 Å². The molecule has 3 rings (SSSR count). The molecule has 27 heavy (non-hydrogen) atoms. The van der Waals surface area contributed by atoms with Crippen LogP contribution in [0.4, 0.5) is 17.2 Å². The molecule has 2 aromatic carbocycles. The second kappa shape index (κ2) is 7.20. The molecule has 0 aliphatic rings. The summed E-state index contributed by atoms with van der Waals surface area (Å²) in [4.78, 5) is 29.6. The fourth-order valence-corrected chi connectivity index (χ4v) is 2.71. The molecule has 0 aliphatic heterocycles. The fourth-order valence-electron chi connectivity index (χ4n) is 2.71. The molecule has 3 aromatic rings. The third-order valence-electron chi connectivity index (χ3n) is 4.09. The number of carboxylic acids is 1. The number of nitrogens with one attached hydrogen (secondary N) is 2. The number of carboxylic acid groups (broad SMARTS) is 1. The van der Waals surface area contributed by atoms with Crippen LogP contribution >= 0.6 is 0 Å². The number of nitrogen functional groups attached to an aromatic ring is 2. The van der Waals surface area contributed by atoms with Crippen molar-refractivity contribution in [2.75, 3.05) is 23.3 Å². The van der Waals surface area contributed by atoms with E-state index in [-0.39, 0.29) is 17.1 Å². The molecular formula is C19H19N5O3. The maximum atomic E-state index is 11.9. The van der Waals surface area contributed by atoms with E-state index in [1.54, 1.807) is 30.3 Å². The van der Waals surface area contributed by atoms with Crippen LogP contribution < -0.4 is 22.3 Å². The van der Waals surface area contributed by atoms with Crippen molar-refractivity contribution in [2.45, 2.75) is 6.92 Å². The highest BCUT2D eigenvalue weighted by Crippen LogP contribution is 2.32. The molecule has 1 heterocycles. The third-order valence-corrected chi connectivity index (χ3v) is 4.09. The van der Waals surface area contributed by atoms with Gasteiger partial charge < -0.3 is 26.9 Å². The number of aromatic carboxylic acids is 1. The molecule has 0 saturated heterocycles. The average Bonchev–Trinajstić information content (AvgIpc) is 2.66. The zero-order valence-electron chi connectivity index (χ0n) is 14.6.